The van der Waals surface area contributed by atoms with Crippen molar-refractivity contribution in [2.75, 3.05) is 32.7 Å². The standard InChI is InChI=1S/C20H38N6O.HI/c1-6-21-19(23-15-20(4,5)26-13-8-7-9-14-26)22-12-10-11-17-24-18(16(2)3)25-27-17;/h16H,6-15H2,1-5H3,(H2,21,22,23);1H. The van der Waals surface area contributed by atoms with Crippen molar-refractivity contribution in [2.24, 2.45) is 4.99 Å². The molecule has 28 heavy (non-hydrogen) atoms. The number of rotatable bonds is 9. The summed E-state index contributed by atoms with van der Waals surface area (Å²) in [4.78, 5) is 11.8. The molecule has 2 rings (SSSR count). The highest BCUT2D eigenvalue weighted by Gasteiger charge is 2.27. The van der Waals surface area contributed by atoms with Gasteiger partial charge in [-0.3, -0.25) is 9.89 Å². The van der Waals surface area contributed by atoms with Crippen molar-refractivity contribution in [3.8, 4) is 0 Å². The molecule has 0 atom stereocenters. The van der Waals surface area contributed by atoms with Crippen LogP contribution >= 0.6 is 24.0 Å². The molecular weight excluding hydrogens is 467 g/mol. The van der Waals surface area contributed by atoms with E-state index in [-0.39, 0.29) is 29.5 Å². The molecule has 2 N–H and O–H groups in total. The molecule has 0 aromatic carbocycles. The van der Waals surface area contributed by atoms with Crippen LogP contribution < -0.4 is 10.6 Å². The number of aliphatic imine (C=N–C) groups is 1. The predicted octanol–water partition coefficient (Wildman–Crippen LogP) is 3.56. The SMILES string of the molecule is CCNC(=NCC(C)(C)N1CCCCC1)NCCCc1nc(C(C)C)no1.I. The van der Waals surface area contributed by atoms with Gasteiger partial charge < -0.3 is 15.2 Å². The summed E-state index contributed by atoms with van der Waals surface area (Å²) in [5, 5.41) is 10.8. The lowest BCUT2D eigenvalue weighted by Gasteiger charge is -2.40. The summed E-state index contributed by atoms with van der Waals surface area (Å²) in [7, 11) is 0. The summed E-state index contributed by atoms with van der Waals surface area (Å²) in [6.45, 7) is 15.7. The van der Waals surface area contributed by atoms with E-state index in [0.29, 0.717) is 11.8 Å². The van der Waals surface area contributed by atoms with Crippen LogP contribution in [0.3, 0.4) is 0 Å². The van der Waals surface area contributed by atoms with Gasteiger partial charge in [0, 0.05) is 31.0 Å². The number of aryl methyl sites for hydroxylation is 1. The van der Waals surface area contributed by atoms with Gasteiger partial charge in [-0.15, -0.1) is 24.0 Å². The minimum atomic E-state index is 0. The highest BCUT2D eigenvalue weighted by molar-refractivity contribution is 14.0. The van der Waals surface area contributed by atoms with Crippen molar-refractivity contribution in [3.05, 3.63) is 11.7 Å². The number of hydrogen-bond acceptors (Lipinski definition) is 5. The molecule has 1 aromatic rings. The number of nitrogens with zero attached hydrogens (tertiary/aromatic N) is 4. The second-order valence-corrected chi connectivity index (χ2v) is 8.29. The van der Waals surface area contributed by atoms with Crippen molar-refractivity contribution in [1.82, 2.24) is 25.7 Å². The number of aromatic nitrogens is 2. The van der Waals surface area contributed by atoms with Gasteiger partial charge in [-0.1, -0.05) is 25.4 Å². The summed E-state index contributed by atoms with van der Waals surface area (Å²) < 4.78 is 5.30. The minimum Gasteiger partial charge on any atom is -0.357 e. The first-order chi connectivity index (χ1) is 12.9. The molecule has 0 amide bonds. The average Bonchev–Trinajstić information content (AvgIpc) is 3.13. The molecule has 8 heteroatoms. The third-order valence-corrected chi connectivity index (χ3v) is 5.04. The Morgan fingerprint density at radius 3 is 2.54 bits per heavy atom. The summed E-state index contributed by atoms with van der Waals surface area (Å²) >= 11 is 0. The molecule has 1 aliphatic heterocycles. The molecule has 1 fully saturated rings. The largest absolute Gasteiger partial charge is 0.357 e. The Hall–Kier alpha value is -0.900. The number of nitrogens with one attached hydrogen (secondary N) is 2. The summed E-state index contributed by atoms with van der Waals surface area (Å²) in [5.41, 5.74) is 0.0970. The molecule has 0 saturated carbocycles. The first-order valence-corrected chi connectivity index (χ1v) is 10.5. The minimum absolute atomic E-state index is 0. The Morgan fingerprint density at radius 1 is 1.21 bits per heavy atom. The van der Waals surface area contributed by atoms with Crippen molar-refractivity contribution >= 4 is 29.9 Å². The molecule has 0 unspecified atom stereocenters. The number of likely N-dealkylation sites (tertiary alicyclic amines) is 1. The fraction of sp³-hybridized carbons (Fsp3) is 0.850. The maximum atomic E-state index is 5.30. The average molecular weight is 506 g/mol. The van der Waals surface area contributed by atoms with E-state index in [2.05, 4.69) is 60.3 Å². The van der Waals surface area contributed by atoms with Crippen LogP contribution in [-0.2, 0) is 6.42 Å². The third kappa shape index (κ3) is 8.23. The Balaban J connectivity index is 0.00000392. The monoisotopic (exact) mass is 506 g/mol. The number of hydrogen-bond donors (Lipinski definition) is 2. The fourth-order valence-corrected chi connectivity index (χ4v) is 3.26. The van der Waals surface area contributed by atoms with E-state index >= 15 is 0 Å². The van der Waals surface area contributed by atoms with E-state index in [1.165, 1.54) is 32.4 Å². The summed E-state index contributed by atoms with van der Waals surface area (Å²) in [6, 6.07) is 0. The maximum Gasteiger partial charge on any atom is 0.226 e. The van der Waals surface area contributed by atoms with Gasteiger partial charge in [0.1, 0.15) is 0 Å². The van der Waals surface area contributed by atoms with E-state index in [0.717, 1.165) is 44.3 Å². The second kappa shape index (κ2) is 12.6. The molecule has 1 saturated heterocycles. The molecule has 0 aliphatic carbocycles. The van der Waals surface area contributed by atoms with Crippen LogP contribution in [0.4, 0.5) is 0 Å². The van der Waals surface area contributed by atoms with Crippen LogP contribution in [0.15, 0.2) is 9.52 Å². The van der Waals surface area contributed by atoms with Crippen molar-refractivity contribution in [3.63, 3.8) is 0 Å². The molecule has 1 aromatic heterocycles. The van der Waals surface area contributed by atoms with Crippen LogP contribution in [0, 0.1) is 0 Å². The molecule has 0 spiro atoms. The Bertz CT molecular complexity index is 581. The van der Waals surface area contributed by atoms with Crippen LogP contribution in [0.1, 0.15) is 77.9 Å². The van der Waals surface area contributed by atoms with Gasteiger partial charge in [-0.05, 0) is 53.1 Å². The molecule has 7 nitrogen and oxygen atoms in total. The zero-order valence-corrected chi connectivity index (χ0v) is 20.6. The zero-order valence-electron chi connectivity index (χ0n) is 18.3. The maximum absolute atomic E-state index is 5.30. The predicted molar refractivity (Wildman–Crippen MR) is 126 cm³/mol. The first kappa shape index (κ1) is 25.1. The van der Waals surface area contributed by atoms with E-state index < -0.39 is 0 Å². The molecular formula is C20H39IN6O. The van der Waals surface area contributed by atoms with Crippen LogP contribution in [0.2, 0.25) is 0 Å². The Kier molecular flexibility index (Phi) is 11.3. The number of piperidine rings is 1. The van der Waals surface area contributed by atoms with Gasteiger partial charge in [0.05, 0.1) is 6.54 Å². The smallest absolute Gasteiger partial charge is 0.226 e. The van der Waals surface area contributed by atoms with Crippen LogP contribution in [-0.4, -0.2) is 59.3 Å². The summed E-state index contributed by atoms with van der Waals surface area (Å²) in [6.07, 6.45) is 5.68. The van der Waals surface area contributed by atoms with E-state index in [4.69, 9.17) is 9.52 Å². The number of guanidine groups is 1. The topological polar surface area (TPSA) is 78.6 Å². The lowest BCUT2D eigenvalue weighted by Crippen LogP contribution is -2.49. The van der Waals surface area contributed by atoms with Crippen molar-refractivity contribution in [2.45, 2.75) is 78.2 Å². The van der Waals surface area contributed by atoms with Gasteiger partial charge >= 0.3 is 0 Å². The zero-order chi connectivity index (χ0) is 19.7. The lowest BCUT2D eigenvalue weighted by molar-refractivity contribution is 0.102. The Morgan fingerprint density at radius 2 is 1.93 bits per heavy atom. The van der Waals surface area contributed by atoms with Gasteiger partial charge in [0.2, 0.25) is 5.89 Å². The van der Waals surface area contributed by atoms with Crippen LogP contribution in [0.5, 0.6) is 0 Å². The normalized spacial score (nSPS) is 16.1. The lowest BCUT2D eigenvalue weighted by atomic mass is 9.99. The molecule has 0 bridgehead atoms. The van der Waals surface area contributed by atoms with Gasteiger partial charge in [0.25, 0.3) is 0 Å². The summed E-state index contributed by atoms with van der Waals surface area (Å²) in [5.74, 6) is 2.69. The van der Waals surface area contributed by atoms with Gasteiger partial charge in [-0.25, -0.2) is 0 Å². The fourth-order valence-electron chi connectivity index (χ4n) is 3.26. The van der Waals surface area contributed by atoms with Gasteiger partial charge in [-0.2, -0.15) is 4.98 Å². The van der Waals surface area contributed by atoms with Crippen LogP contribution in [0.25, 0.3) is 0 Å². The van der Waals surface area contributed by atoms with Gasteiger partial charge in [0.15, 0.2) is 11.8 Å². The van der Waals surface area contributed by atoms with E-state index in [1.807, 2.05) is 0 Å². The molecule has 0 radical (unpaired) electrons. The van der Waals surface area contributed by atoms with Crippen molar-refractivity contribution < 1.29 is 4.52 Å². The molecule has 162 valence electrons. The Labute approximate surface area is 187 Å². The quantitative estimate of drug-likeness (QED) is 0.231. The third-order valence-electron chi connectivity index (χ3n) is 5.04. The second-order valence-electron chi connectivity index (χ2n) is 8.29. The molecule has 2 heterocycles. The highest BCUT2D eigenvalue weighted by atomic mass is 127. The van der Waals surface area contributed by atoms with E-state index in [1.54, 1.807) is 0 Å². The van der Waals surface area contributed by atoms with E-state index in [9.17, 15) is 0 Å². The number of halogens is 1. The highest BCUT2D eigenvalue weighted by Crippen LogP contribution is 2.20. The molecule has 1 aliphatic rings. The first-order valence-electron chi connectivity index (χ1n) is 10.5. The van der Waals surface area contributed by atoms with Crippen molar-refractivity contribution in [1.29, 1.82) is 0 Å².